The normalized spacial score (nSPS) is 29.1. The molecule has 2 atom stereocenters. The number of hydrogen-bond donors (Lipinski definition) is 1. The minimum absolute atomic E-state index is 0.0430. The van der Waals surface area contributed by atoms with Gasteiger partial charge in [0.15, 0.2) is 0 Å². The maximum absolute atomic E-state index is 12.3. The summed E-state index contributed by atoms with van der Waals surface area (Å²) in [4.78, 5) is 25.4. The van der Waals surface area contributed by atoms with Crippen LogP contribution in [0.5, 0.6) is 0 Å². The zero-order valence-corrected chi connectivity index (χ0v) is 9.80. The average Bonchev–Trinajstić information content (AvgIpc) is 2.39. The summed E-state index contributed by atoms with van der Waals surface area (Å²) in [5.74, 6) is -0.964. The fraction of sp³-hybridized carbons (Fsp3) is 0.667. The van der Waals surface area contributed by atoms with Crippen molar-refractivity contribution in [1.82, 2.24) is 4.90 Å². The molecule has 94 valence electrons. The molecule has 2 aliphatic rings. The first kappa shape index (κ1) is 12.1. The molecule has 2 N–H and O–H groups in total. The molecular formula is C12H18N2O3. The van der Waals surface area contributed by atoms with E-state index in [0.29, 0.717) is 39.1 Å². The zero-order valence-electron chi connectivity index (χ0n) is 9.80. The number of amides is 2. The number of ether oxygens (including phenoxy) is 1. The molecule has 1 fully saturated rings. The summed E-state index contributed by atoms with van der Waals surface area (Å²) in [5, 5.41) is 0. The first-order valence-corrected chi connectivity index (χ1v) is 6.01. The summed E-state index contributed by atoms with van der Waals surface area (Å²) in [6.07, 6.45) is 5.08. The second-order valence-corrected chi connectivity index (χ2v) is 4.50. The molecule has 5 nitrogen and oxygen atoms in total. The smallest absolute Gasteiger partial charge is 0.226 e. The third-order valence-electron chi connectivity index (χ3n) is 3.44. The molecule has 0 spiro atoms. The van der Waals surface area contributed by atoms with Crippen molar-refractivity contribution in [2.75, 3.05) is 26.3 Å². The van der Waals surface area contributed by atoms with E-state index < -0.39 is 0 Å². The minimum Gasteiger partial charge on any atom is -0.378 e. The van der Waals surface area contributed by atoms with Crippen LogP contribution in [0.4, 0.5) is 0 Å². The quantitative estimate of drug-likeness (QED) is 0.683. The molecule has 0 radical (unpaired) electrons. The van der Waals surface area contributed by atoms with Gasteiger partial charge in [-0.05, 0) is 12.8 Å². The van der Waals surface area contributed by atoms with Gasteiger partial charge in [0.05, 0.1) is 25.0 Å². The van der Waals surface area contributed by atoms with E-state index in [1.54, 1.807) is 4.90 Å². The van der Waals surface area contributed by atoms with Crippen molar-refractivity contribution in [2.24, 2.45) is 17.6 Å². The summed E-state index contributed by atoms with van der Waals surface area (Å²) in [5.41, 5.74) is 5.36. The SMILES string of the molecule is NC(=O)C1CC=CCC1C(=O)N1CCOCC1. The van der Waals surface area contributed by atoms with Crippen molar-refractivity contribution in [1.29, 1.82) is 0 Å². The van der Waals surface area contributed by atoms with Gasteiger partial charge in [0.1, 0.15) is 0 Å². The van der Waals surface area contributed by atoms with Gasteiger partial charge in [0.25, 0.3) is 0 Å². The summed E-state index contributed by atoms with van der Waals surface area (Å²) in [7, 11) is 0. The van der Waals surface area contributed by atoms with Crippen LogP contribution in [0.1, 0.15) is 12.8 Å². The van der Waals surface area contributed by atoms with E-state index in [1.807, 2.05) is 12.2 Å². The lowest BCUT2D eigenvalue weighted by Crippen LogP contribution is -2.47. The van der Waals surface area contributed by atoms with Crippen molar-refractivity contribution in [2.45, 2.75) is 12.8 Å². The maximum Gasteiger partial charge on any atom is 0.226 e. The van der Waals surface area contributed by atoms with E-state index in [2.05, 4.69) is 0 Å². The highest BCUT2D eigenvalue weighted by Gasteiger charge is 2.35. The molecule has 1 aliphatic carbocycles. The van der Waals surface area contributed by atoms with Crippen LogP contribution in [-0.4, -0.2) is 43.0 Å². The molecular weight excluding hydrogens is 220 g/mol. The van der Waals surface area contributed by atoms with Gasteiger partial charge in [-0.15, -0.1) is 0 Å². The van der Waals surface area contributed by atoms with Crippen molar-refractivity contribution < 1.29 is 14.3 Å². The van der Waals surface area contributed by atoms with Crippen LogP contribution in [0.15, 0.2) is 12.2 Å². The van der Waals surface area contributed by atoms with E-state index in [-0.39, 0.29) is 23.7 Å². The molecule has 2 rings (SSSR count). The number of allylic oxidation sites excluding steroid dienone is 2. The molecule has 0 saturated carbocycles. The van der Waals surface area contributed by atoms with Crippen LogP contribution in [-0.2, 0) is 14.3 Å². The number of nitrogens with two attached hydrogens (primary N) is 1. The number of carbonyl (C=O) groups excluding carboxylic acids is 2. The molecule has 5 heteroatoms. The van der Waals surface area contributed by atoms with Crippen LogP contribution in [0, 0.1) is 11.8 Å². The third-order valence-corrected chi connectivity index (χ3v) is 3.44. The predicted octanol–water partition coefficient (Wildman–Crippen LogP) is -0.0871. The van der Waals surface area contributed by atoms with Gasteiger partial charge in [-0.3, -0.25) is 9.59 Å². The topological polar surface area (TPSA) is 72.6 Å². The molecule has 0 aromatic carbocycles. The third kappa shape index (κ3) is 2.66. The summed E-state index contributed by atoms with van der Waals surface area (Å²) in [6.45, 7) is 2.39. The Morgan fingerprint density at radius 2 is 1.71 bits per heavy atom. The number of nitrogens with zero attached hydrogens (tertiary/aromatic N) is 1. The summed E-state index contributed by atoms with van der Waals surface area (Å²) >= 11 is 0. The van der Waals surface area contributed by atoms with E-state index >= 15 is 0 Å². The van der Waals surface area contributed by atoms with Crippen LogP contribution in [0.2, 0.25) is 0 Å². The zero-order chi connectivity index (χ0) is 12.3. The lowest BCUT2D eigenvalue weighted by Gasteiger charge is -2.33. The summed E-state index contributed by atoms with van der Waals surface area (Å²) in [6, 6.07) is 0. The molecule has 0 aromatic heterocycles. The lowest BCUT2D eigenvalue weighted by molar-refractivity contribution is -0.144. The monoisotopic (exact) mass is 238 g/mol. The Hall–Kier alpha value is -1.36. The van der Waals surface area contributed by atoms with Crippen LogP contribution < -0.4 is 5.73 Å². The lowest BCUT2D eigenvalue weighted by atomic mass is 9.81. The van der Waals surface area contributed by atoms with Gasteiger partial charge in [0.2, 0.25) is 11.8 Å². The van der Waals surface area contributed by atoms with Crippen molar-refractivity contribution in [3.8, 4) is 0 Å². The molecule has 1 saturated heterocycles. The second kappa shape index (κ2) is 5.31. The molecule has 17 heavy (non-hydrogen) atoms. The maximum atomic E-state index is 12.3. The number of hydrogen-bond acceptors (Lipinski definition) is 3. The molecule has 0 bridgehead atoms. The Labute approximate surface area is 101 Å². The van der Waals surface area contributed by atoms with Gasteiger partial charge >= 0.3 is 0 Å². The highest BCUT2D eigenvalue weighted by Crippen LogP contribution is 2.27. The van der Waals surface area contributed by atoms with Crippen LogP contribution in [0.3, 0.4) is 0 Å². The number of rotatable bonds is 2. The highest BCUT2D eigenvalue weighted by atomic mass is 16.5. The van der Waals surface area contributed by atoms with Crippen molar-refractivity contribution >= 4 is 11.8 Å². The Morgan fingerprint density at radius 3 is 2.29 bits per heavy atom. The Morgan fingerprint density at radius 1 is 1.12 bits per heavy atom. The van der Waals surface area contributed by atoms with Gasteiger partial charge in [-0.2, -0.15) is 0 Å². The molecule has 2 amide bonds. The molecule has 2 unspecified atom stereocenters. The van der Waals surface area contributed by atoms with Crippen LogP contribution in [0.25, 0.3) is 0 Å². The number of primary amides is 1. The van der Waals surface area contributed by atoms with Gasteiger partial charge < -0.3 is 15.4 Å². The van der Waals surface area contributed by atoms with Crippen molar-refractivity contribution in [3.63, 3.8) is 0 Å². The first-order valence-electron chi connectivity index (χ1n) is 6.01. The van der Waals surface area contributed by atoms with Crippen LogP contribution >= 0.6 is 0 Å². The van der Waals surface area contributed by atoms with Crippen molar-refractivity contribution in [3.05, 3.63) is 12.2 Å². The second-order valence-electron chi connectivity index (χ2n) is 4.50. The highest BCUT2D eigenvalue weighted by molar-refractivity contribution is 5.87. The van der Waals surface area contributed by atoms with E-state index in [1.165, 1.54) is 0 Å². The average molecular weight is 238 g/mol. The first-order chi connectivity index (χ1) is 8.20. The molecule has 1 heterocycles. The van der Waals surface area contributed by atoms with E-state index in [9.17, 15) is 9.59 Å². The van der Waals surface area contributed by atoms with Gasteiger partial charge in [-0.1, -0.05) is 12.2 Å². The number of carbonyl (C=O) groups is 2. The van der Waals surface area contributed by atoms with Gasteiger partial charge in [-0.25, -0.2) is 0 Å². The Bertz CT molecular complexity index is 335. The minimum atomic E-state index is -0.374. The number of morpholine rings is 1. The Balaban J connectivity index is 2.05. The standard InChI is InChI=1S/C12H18N2O3/c13-11(15)9-3-1-2-4-10(9)12(16)14-5-7-17-8-6-14/h1-2,9-10H,3-8H2,(H2,13,15). The molecule has 0 aromatic rings. The molecule has 1 aliphatic heterocycles. The van der Waals surface area contributed by atoms with Gasteiger partial charge in [0, 0.05) is 13.1 Å². The van der Waals surface area contributed by atoms with E-state index in [4.69, 9.17) is 10.5 Å². The summed E-state index contributed by atoms with van der Waals surface area (Å²) < 4.78 is 5.21. The Kier molecular flexibility index (Phi) is 3.78. The fourth-order valence-electron chi connectivity index (χ4n) is 2.42. The largest absolute Gasteiger partial charge is 0.378 e. The van der Waals surface area contributed by atoms with E-state index in [0.717, 1.165) is 0 Å². The predicted molar refractivity (Wildman–Crippen MR) is 61.9 cm³/mol. The fourth-order valence-corrected chi connectivity index (χ4v) is 2.42.